The standard InChI is InChI=1S/C20H20N4O2S/c1-13(15-6-4-3-5-7-15)11-21-19(25)12-23-20(26)17-10-18-16(8-9-27-18)24(17)14(2)22-23/h3-10,13H,11-12H2,1-2H3,(H,21,25)/t13-/m0/s1. The average Bonchev–Trinajstić information content (AvgIpc) is 3.26. The summed E-state index contributed by atoms with van der Waals surface area (Å²) in [5.74, 6) is 0.661. The van der Waals surface area contributed by atoms with Gasteiger partial charge in [0.15, 0.2) is 0 Å². The lowest BCUT2D eigenvalue weighted by Crippen LogP contribution is -2.36. The van der Waals surface area contributed by atoms with Crippen LogP contribution >= 0.6 is 11.3 Å². The summed E-state index contributed by atoms with van der Waals surface area (Å²) < 4.78 is 4.13. The molecule has 0 aliphatic rings. The van der Waals surface area contributed by atoms with E-state index in [-0.39, 0.29) is 23.9 Å². The number of aryl methyl sites for hydroxylation is 1. The quantitative estimate of drug-likeness (QED) is 0.579. The smallest absolute Gasteiger partial charge is 0.291 e. The minimum atomic E-state index is -0.254. The molecule has 0 unspecified atom stereocenters. The molecule has 1 amide bonds. The summed E-state index contributed by atoms with van der Waals surface area (Å²) in [4.78, 5) is 25.1. The van der Waals surface area contributed by atoms with Crippen molar-refractivity contribution in [2.45, 2.75) is 26.3 Å². The first-order chi connectivity index (χ1) is 13.0. The average molecular weight is 380 g/mol. The molecule has 0 fully saturated rings. The summed E-state index contributed by atoms with van der Waals surface area (Å²) in [6.07, 6.45) is 0. The number of benzene rings is 1. The zero-order valence-corrected chi connectivity index (χ0v) is 16.0. The second kappa shape index (κ2) is 7.00. The molecule has 1 N–H and O–H groups in total. The normalized spacial score (nSPS) is 12.5. The SMILES string of the molecule is Cc1nn(CC(=O)NC[C@H](C)c2ccccc2)c(=O)c2cc3sccc3n12. The number of fused-ring (bicyclic) bond motifs is 3. The molecule has 1 aromatic carbocycles. The number of carbonyl (C=O) groups is 1. The number of carbonyl (C=O) groups excluding carboxylic acids is 1. The van der Waals surface area contributed by atoms with Crippen LogP contribution in [0.4, 0.5) is 0 Å². The van der Waals surface area contributed by atoms with Crippen molar-refractivity contribution >= 4 is 33.0 Å². The van der Waals surface area contributed by atoms with E-state index in [9.17, 15) is 9.59 Å². The Labute approximate surface area is 160 Å². The molecule has 3 heterocycles. The van der Waals surface area contributed by atoms with Gasteiger partial charge in [0.2, 0.25) is 5.91 Å². The highest BCUT2D eigenvalue weighted by Gasteiger charge is 2.15. The molecule has 3 aromatic heterocycles. The summed E-state index contributed by atoms with van der Waals surface area (Å²) in [5, 5.41) is 9.23. The molecule has 4 rings (SSSR count). The van der Waals surface area contributed by atoms with Gasteiger partial charge in [-0.3, -0.25) is 14.0 Å². The topological polar surface area (TPSA) is 68.4 Å². The largest absolute Gasteiger partial charge is 0.354 e. The third kappa shape index (κ3) is 3.26. The van der Waals surface area contributed by atoms with E-state index in [0.29, 0.717) is 17.9 Å². The Morgan fingerprint density at radius 2 is 2.00 bits per heavy atom. The second-order valence-electron chi connectivity index (χ2n) is 6.66. The van der Waals surface area contributed by atoms with E-state index in [2.05, 4.69) is 17.3 Å². The van der Waals surface area contributed by atoms with Gasteiger partial charge in [0, 0.05) is 6.54 Å². The van der Waals surface area contributed by atoms with Crippen LogP contribution < -0.4 is 10.9 Å². The van der Waals surface area contributed by atoms with Gasteiger partial charge in [-0.05, 0) is 35.9 Å². The Balaban J connectivity index is 1.52. The van der Waals surface area contributed by atoms with Crippen molar-refractivity contribution in [1.82, 2.24) is 19.5 Å². The first-order valence-corrected chi connectivity index (χ1v) is 9.70. The van der Waals surface area contributed by atoms with Crippen molar-refractivity contribution in [2.24, 2.45) is 0 Å². The Kier molecular flexibility index (Phi) is 4.53. The molecule has 0 radical (unpaired) electrons. The first-order valence-electron chi connectivity index (χ1n) is 8.82. The zero-order chi connectivity index (χ0) is 19.0. The summed E-state index contributed by atoms with van der Waals surface area (Å²) in [7, 11) is 0. The number of hydrogen-bond acceptors (Lipinski definition) is 4. The predicted molar refractivity (Wildman–Crippen MR) is 107 cm³/mol. The number of aromatic nitrogens is 3. The predicted octanol–water partition coefficient (Wildman–Crippen LogP) is 2.94. The molecule has 0 aliphatic carbocycles. The monoisotopic (exact) mass is 380 g/mol. The molecule has 4 aromatic rings. The number of rotatable bonds is 5. The molecule has 27 heavy (non-hydrogen) atoms. The lowest BCUT2D eigenvalue weighted by atomic mass is 10.0. The number of nitrogens with zero attached hydrogens (tertiary/aromatic N) is 3. The summed E-state index contributed by atoms with van der Waals surface area (Å²) in [6, 6.07) is 13.9. The van der Waals surface area contributed by atoms with Crippen molar-refractivity contribution in [3.05, 3.63) is 69.6 Å². The second-order valence-corrected chi connectivity index (χ2v) is 7.61. The van der Waals surface area contributed by atoms with Gasteiger partial charge >= 0.3 is 0 Å². The van der Waals surface area contributed by atoms with Crippen molar-refractivity contribution in [1.29, 1.82) is 0 Å². The number of nitrogens with one attached hydrogen (secondary N) is 1. The van der Waals surface area contributed by atoms with Crippen LogP contribution in [0.15, 0.2) is 52.6 Å². The Morgan fingerprint density at radius 3 is 2.78 bits per heavy atom. The molecule has 138 valence electrons. The van der Waals surface area contributed by atoms with Gasteiger partial charge < -0.3 is 5.32 Å². The fraction of sp³-hybridized carbons (Fsp3) is 0.250. The maximum absolute atomic E-state index is 12.7. The molecule has 6 nitrogen and oxygen atoms in total. The number of amides is 1. The van der Waals surface area contributed by atoms with Crippen molar-refractivity contribution in [3.8, 4) is 0 Å². The van der Waals surface area contributed by atoms with E-state index in [0.717, 1.165) is 10.2 Å². The van der Waals surface area contributed by atoms with E-state index in [1.165, 1.54) is 10.2 Å². The fourth-order valence-electron chi connectivity index (χ4n) is 3.29. The Morgan fingerprint density at radius 1 is 1.22 bits per heavy atom. The number of thiophene rings is 1. The third-order valence-corrected chi connectivity index (χ3v) is 5.59. The maximum atomic E-state index is 12.7. The van der Waals surface area contributed by atoms with Crippen LogP contribution in [0.5, 0.6) is 0 Å². The van der Waals surface area contributed by atoms with Crippen molar-refractivity contribution in [2.75, 3.05) is 6.54 Å². The van der Waals surface area contributed by atoms with Crippen LogP contribution in [-0.4, -0.2) is 26.6 Å². The Hall–Kier alpha value is -2.93. The van der Waals surface area contributed by atoms with Gasteiger partial charge in [0.1, 0.15) is 17.9 Å². The van der Waals surface area contributed by atoms with E-state index in [1.807, 2.05) is 59.2 Å². The van der Waals surface area contributed by atoms with Gasteiger partial charge in [-0.2, -0.15) is 5.10 Å². The fourth-order valence-corrected chi connectivity index (χ4v) is 4.10. The highest BCUT2D eigenvalue weighted by molar-refractivity contribution is 7.17. The van der Waals surface area contributed by atoms with Crippen molar-refractivity contribution < 1.29 is 4.79 Å². The minimum absolute atomic E-state index is 0.0868. The highest BCUT2D eigenvalue weighted by atomic mass is 32.1. The van der Waals surface area contributed by atoms with Crippen LogP contribution in [0.1, 0.15) is 24.2 Å². The Bertz CT molecular complexity index is 1170. The molecular weight excluding hydrogens is 360 g/mol. The first kappa shape index (κ1) is 17.5. The van der Waals surface area contributed by atoms with Crippen LogP contribution in [0.3, 0.4) is 0 Å². The molecule has 0 spiro atoms. The van der Waals surface area contributed by atoms with Gasteiger partial charge in [0.25, 0.3) is 5.56 Å². The lowest BCUT2D eigenvalue weighted by molar-refractivity contribution is -0.121. The van der Waals surface area contributed by atoms with Gasteiger partial charge in [-0.1, -0.05) is 37.3 Å². The van der Waals surface area contributed by atoms with E-state index in [1.54, 1.807) is 11.3 Å². The number of hydrogen-bond donors (Lipinski definition) is 1. The molecule has 0 saturated heterocycles. The summed E-state index contributed by atoms with van der Waals surface area (Å²) in [5.41, 5.74) is 2.44. The molecular formula is C20H20N4O2S. The highest BCUT2D eigenvalue weighted by Crippen LogP contribution is 2.24. The molecule has 0 bridgehead atoms. The van der Waals surface area contributed by atoms with E-state index in [4.69, 9.17) is 0 Å². The minimum Gasteiger partial charge on any atom is -0.354 e. The third-order valence-electron chi connectivity index (χ3n) is 4.73. The summed E-state index contributed by atoms with van der Waals surface area (Å²) >= 11 is 1.58. The summed E-state index contributed by atoms with van der Waals surface area (Å²) in [6.45, 7) is 4.33. The van der Waals surface area contributed by atoms with Gasteiger partial charge in [-0.15, -0.1) is 11.3 Å². The van der Waals surface area contributed by atoms with E-state index < -0.39 is 0 Å². The van der Waals surface area contributed by atoms with Crippen LogP contribution in [0.25, 0.3) is 15.7 Å². The zero-order valence-electron chi connectivity index (χ0n) is 15.2. The van der Waals surface area contributed by atoms with Crippen LogP contribution in [-0.2, 0) is 11.3 Å². The van der Waals surface area contributed by atoms with Crippen LogP contribution in [0, 0.1) is 6.92 Å². The molecule has 1 atom stereocenters. The molecule has 0 saturated carbocycles. The maximum Gasteiger partial charge on any atom is 0.291 e. The van der Waals surface area contributed by atoms with Crippen molar-refractivity contribution in [3.63, 3.8) is 0 Å². The van der Waals surface area contributed by atoms with Gasteiger partial charge in [0.05, 0.1) is 10.2 Å². The van der Waals surface area contributed by atoms with Crippen LogP contribution in [0.2, 0.25) is 0 Å². The molecule has 0 aliphatic heterocycles. The van der Waals surface area contributed by atoms with Gasteiger partial charge in [-0.25, -0.2) is 4.68 Å². The lowest BCUT2D eigenvalue weighted by Gasteiger charge is -2.13. The van der Waals surface area contributed by atoms with E-state index >= 15 is 0 Å². The molecule has 7 heteroatoms.